The van der Waals surface area contributed by atoms with Gasteiger partial charge >= 0.3 is 0 Å². The third-order valence-electron chi connectivity index (χ3n) is 5.80. The van der Waals surface area contributed by atoms with Gasteiger partial charge in [0, 0.05) is 36.2 Å². The highest BCUT2D eigenvalue weighted by molar-refractivity contribution is 5.97. The van der Waals surface area contributed by atoms with Gasteiger partial charge in [0.2, 0.25) is 11.8 Å². The van der Waals surface area contributed by atoms with E-state index in [-0.39, 0.29) is 29.6 Å². The van der Waals surface area contributed by atoms with E-state index in [1.54, 1.807) is 24.3 Å². The molecule has 3 amide bonds. The van der Waals surface area contributed by atoms with Crippen molar-refractivity contribution >= 4 is 23.4 Å². The van der Waals surface area contributed by atoms with Gasteiger partial charge in [-0.3, -0.25) is 14.4 Å². The molecule has 3 N–H and O–H groups in total. The third-order valence-corrected chi connectivity index (χ3v) is 5.80. The minimum Gasteiger partial charge on any atom is -0.354 e. The number of benzene rings is 1. The number of hydrogen-bond acceptors (Lipinski definition) is 3. The lowest BCUT2D eigenvalue weighted by Crippen LogP contribution is -2.37. The summed E-state index contributed by atoms with van der Waals surface area (Å²) in [6, 6.07) is 7.00. The summed E-state index contributed by atoms with van der Waals surface area (Å²) in [5.41, 5.74) is 1.15. The van der Waals surface area contributed by atoms with Gasteiger partial charge in [0.1, 0.15) is 0 Å². The molecule has 2 aliphatic carbocycles. The van der Waals surface area contributed by atoms with Crippen molar-refractivity contribution in [2.75, 3.05) is 18.4 Å². The van der Waals surface area contributed by atoms with Gasteiger partial charge in [0.25, 0.3) is 5.91 Å². The Bertz CT molecular complexity index is 692. The van der Waals surface area contributed by atoms with Crippen LogP contribution in [0.15, 0.2) is 24.3 Å². The number of hydrogen-bond donors (Lipinski definition) is 3. The van der Waals surface area contributed by atoms with Crippen LogP contribution in [0.4, 0.5) is 5.69 Å². The summed E-state index contributed by atoms with van der Waals surface area (Å²) in [5, 5.41) is 8.66. The second-order valence-electron chi connectivity index (χ2n) is 7.93. The molecule has 0 radical (unpaired) electrons. The first-order valence-electron chi connectivity index (χ1n) is 10.6. The van der Waals surface area contributed by atoms with Crippen LogP contribution in [0.2, 0.25) is 0 Å². The molecule has 2 saturated carbocycles. The maximum absolute atomic E-state index is 12.4. The van der Waals surface area contributed by atoms with E-state index in [4.69, 9.17) is 0 Å². The molecule has 152 valence electrons. The summed E-state index contributed by atoms with van der Waals surface area (Å²) in [6.07, 6.45) is 9.51. The lowest BCUT2D eigenvalue weighted by Gasteiger charge is -2.20. The van der Waals surface area contributed by atoms with Crippen LogP contribution in [0.25, 0.3) is 0 Å². The molecule has 0 aromatic heterocycles. The molecule has 0 unspecified atom stereocenters. The van der Waals surface area contributed by atoms with Gasteiger partial charge in [-0.25, -0.2) is 0 Å². The van der Waals surface area contributed by atoms with Crippen LogP contribution < -0.4 is 16.0 Å². The Labute approximate surface area is 166 Å². The SMILES string of the molecule is O=C(NCCNC(=O)C1CCCC1)c1cccc(NC(=O)C2CCCCC2)c1. The average molecular weight is 386 g/mol. The van der Waals surface area contributed by atoms with Crippen molar-refractivity contribution in [2.45, 2.75) is 57.8 Å². The van der Waals surface area contributed by atoms with E-state index in [1.807, 2.05) is 0 Å². The fourth-order valence-corrected chi connectivity index (χ4v) is 4.14. The quantitative estimate of drug-likeness (QED) is 0.630. The van der Waals surface area contributed by atoms with Crippen molar-refractivity contribution in [2.24, 2.45) is 11.8 Å². The Morgan fingerprint density at radius 2 is 1.39 bits per heavy atom. The molecule has 2 aliphatic rings. The molecular formula is C22H31N3O3. The first-order valence-corrected chi connectivity index (χ1v) is 10.6. The zero-order valence-corrected chi connectivity index (χ0v) is 16.5. The van der Waals surface area contributed by atoms with Crippen molar-refractivity contribution in [3.63, 3.8) is 0 Å². The minimum absolute atomic E-state index is 0.0480. The Morgan fingerprint density at radius 3 is 2.11 bits per heavy atom. The van der Waals surface area contributed by atoms with E-state index in [1.165, 1.54) is 6.42 Å². The normalized spacial score (nSPS) is 17.9. The fraction of sp³-hybridized carbons (Fsp3) is 0.591. The molecule has 0 spiro atoms. The average Bonchev–Trinajstić information content (AvgIpc) is 3.27. The smallest absolute Gasteiger partial charge is 0.251 e. The van der Waals surface area contributed by atoms with E-state index < -0.39 is 0 Å². The zero-order chi connectivity index (χ0) is 19.8. The highest BCUT2D eigenvalue weighted by Crippen LogP contribution is 2.25. The number of rotatable bonds is 7. The number of anilines is 1. The van der Waals surface area contributed by atoms with E-state index in [2.05, 4.69) is 16.0 Å². The largest absolute Gasteiger partial charge is 0.354 e. The van der Waals surface area contributed by atoms with Crippen LogP contribution >= 0.6 is 0 Å². The van der Waals surface area contributed by atoms with Gasteiger partial charge in [-0.05, 0) is 43.9 Å². The first kappa shape index (κ1) is 20.4. The molecule has 2 fully saturated rings. The van der Waals surface area contributed by atoms with Gasteiger partial charge in [0.05, 0.1) is 0 Å². The van der Waals surface area contributed by atoms with Gasteiger partial charge in [-0.2, -0.15) is 0 Å². The van der Waals surface area contributed by atoms with Crippen LogP contribution in [0.5, 0.6) is 0 Å². The van der Waals surface area contributed by atoms with Gasteiger partial charge < -0.3 is 16.0 Å². The molecule has 1 aromatic carbocycles. The predicted octanol–water partition coefficient (Wildman–Crippen LogP) is 3.24. The van der Waals surface area contributed by atoms with E-state index in [0.717, 1.165) is 51.4 Å². The second-order valence-corrected chi connectivity index (χ2v) is 7.93. The molecule has 1 aromatic rings. The molecule has 0 atom stereocenters. The summed E-state index contributed by atoms with van der Waals surface area (Å²) in [4.78, 5) is 36.7. The molecule has 6 heteroatoms. The molecule has 0 saturated heterocycles. The minimum atomic E-state index is -0.205. The number of nitrogens with one attached hydrogen (secondary N) is 3. The topological polar surface area (TPSA) is 87.3 Å². The maximum atomic E-state index is 12.4. The molecule has 3 rings (SSSR count). The summed E-state index contributed by atoms with van der Waals surface area (Å²) in [6.45, 7) is 0.815. The summed E-state index contributed by atoms with van der Waals surface area (Å²) in [5.74, 6) is 0.157. The fourth-order valence-electron chi connectivity index (χ4n) is 4.14. The summed E-state index contributed by atoms with van der Waals surface area (Å²) in [7, 11) is 0. The molecule has 28 heavy (non-hydrogen) atoms. The van der Waals surface area contributed by atoms with Crippen molar-refractivity contribution in [3.05, 3.63) is 29.8 Å². The van der Waals surface area contributed by atoms with E-state index in [0.29, 0.717) is 24.3 Å². The highest BCUT2D eigenvalue weighted by Gasteiger charge is 2.22. The van der Waals surface area contributed by atoms with Crippen molar-refractivity contribution < 1.29 is 14.4 Å². The second kappa shape index (κ2) is 10.2. The van der Waals surface area contributed by atoms with Crippen molar-refractivity contribution in [1.29, 1.82) is 0 Å². The van der Waals surface area contributed by atoms with Gasteiger partial charge in [-0.1, -0.05) is 38.2 Å². The van der Waals surface area contributed by atoms with Gasteiger partial charge in [0.15, 0.2) is 0 Å². The number of carbonyl (C=O) groups is 3. The van der Waals surface area contributed by atoms with Crippen LogP contribution in [0.1, 0.15) is 68.1 Å². The zero-order valence-electron chi connectivity index (χ0n) is 16.5. The van der Waals surface area contributed by atoms with Crippen LogP contribution in [0.3, 0.4) is 0 Å². The Kier molecular flexibility index (Phi) is 7.46. The van der Waals surface area contributed by atoms with E-state index in [9.17, 15) is 14.4 Å². The number of amides is 3. The monoisotopic (exact) mass is 385 g/mol. The van der Waals surface area contributed by atoms with Crippen molar-refractivity contribution in [3.8, 4) is 0 Å². The summed E-state index contributed by atoms with van der Waals surface area (Å²) < 4.78 is 0. The summed E-state index contributed by atoms with van der Waals surface area (Å²) >= 11 is 0. The highest BCUT2D eigenvalue weighted by atomic mass is 16.2. The molecular weight excluding hydrogens is 354 g/mol. The van der Waals surface area contributed by atoms with E-state index >= 15 is 0 Å². The third kappa shape index (κ3) is 5.81. The van der Waals surface area contributed by atoms with Gasteiger partial charge in [-0.15, -0.1) is 0 Å². The number of carbonyl (C=O) groups excluding carboxylic acids is 3. The Balaban J connectivity index is 1.42. The lowest BCUT2D eigenvalue weighted by molar-refractivity contribution is -0.124. The van der Waals surface area contributed by atoms with Crippen LogP contribution in [-0.2, 0) is 9.59 Å². The molecule has 6 nitrogen and oxygen atoms in total. The molecule has 0 aliphatic heterocycles. The molecule has 0 heterocycles. The lowest BCUT2D eigenvalue weighted by atomic mass is 9.88. The standard InChI is InChI=1S/C22H31N3O3/c26-20(16-9-4-5-10-16)23-13-14-24-21(27)18-11-6-12-19(15-18)25-22(28)17-7-2-1-3-8-17/h6,11-12,15-17H,1-5,7-10,13-14H2,(H,23,26)(H,24,27)(H,25,28). The predicted molar refractivity (Wildman–Crippen MR) is 109 cm³/mol. The first-order chi connectivity index (χ1) is 13.6. The van der Waals surface area contributed by atoms with Crippen LogP contribution in [-0.4, -0.2) is 30.8 Å². The Morgan fingerprint density at radius 1 is 0.786 bits per heavy atom. The molecule has 0 bridgehead atoms. The maximum Gasteiger partial charge on any atom is 0.251 e. The Hall–Kier alpha value is -2.37. The van der Waals surface area contributed by atoms with Crippen molar-refractivity contribution in [1.82, 2.24) is 10.6 Å². The van der Waals surface area contributed by atoms with Crippen LogP contribution in [0, 0.1) is 11.8 Å².